The Morgan fingerprint density at radius 2 is 1.92 bits per heavy atom. The van der Waals surface area contributed by atoms with Crippen LogP contribution in [0.2, 0.25) is 0 Å². The molecule has 1 atom stereocenters. The standard InChI is InChI=1S/C20H15N3O/c1-12-4-6-13(7-5-12)17-15-9-8-14-3-2-10-23-18(14)19(15)24-20(22)16(17)11-21/h2-10,17H,22H2,1H3/t17-/m1/s1. The summed E-state index contributed by atoms with van der Waals surface area (Å²) in [6, 6.07) is 18.2. The molecule has 1 aliphatic heterocycles. The van der Waals surface area contributed by atoms with E-state index in [4.69, 9.17) is 10.5 Å². The lowest BCUT2D eigenvalue weighted by atomic mass is 9.83. The summed E-state index contributed by atoms with van der Waals surface area (Å²) in [4.78, 5) is 4.44. The first kappa shape index (κ1) is 14.3. The lowest BCUT2D eigenvalue weighted by Gasteiger charge is -2.27. The average molecular weight is 313 g/mol. The smallest absolute Gasteiger partial charge is 0.205 e. The van der Waals surface area contributed by atoms with Gasteiger partial charge in [0.2, 0.25) is 5.88 Å². The van der Waals surface area contributed by atoms with Crippen molar-refractivity contribution in [2.24, 2.45) is 5.73 Å². The molecule has 4 rings (SSSR count). The van der Waals surface area contributed by atoms with Crippen LogP contribution in [0.3, 0.4) is 0 Å². The number of rotatable bonds is 1. The molecule has 1 aliphatic rings. The molecule has 2 N–H and O–H groups in total. The van der Waals surface area contributed by atoms with Crippen molar-refractivity contribution >= 4 is 10.9 Å². The molecule has 0 aliphatic carbocycles. The summed E-state index contributed by atoms with van der Waals surface area (Å²) >= 11 is 0. The van der Waals surface area contributed by atoms with E-state index in [1.54, 1.807) is 6.20 Å². The summed E-state index contributed by atoms with van der Waals surface area (Å²) in [5, 5.41) is 10.6. The van der Waals surface area contributed by atoms with Gasteiger partial charge in [-0.3, -0.25) is 4.98 Å². The number of aromatic nitrogens is 1. The van der Waals surface area contributed by atoms with E-state index in [-0.39, 0.29) is 11.8 Å². The van der Waals surface area contributed by atoms with Gasteiger partial charge in [0, 0.05) is 17.1 Å². The second-order valence-electron chi connectivity index (χ2n) is 5.89. The molecule has 2 heterocycles. The third-order valence-corrected chi connectivity index (χ3v) is 4.37. The molecule has 24 heavy (non-hydrogen) atoms. The normalized spacial score (nSPS) is 16.4. The second kappa shape index (κ2) is 5.39. The molecule has 0 spiro atoms. The van der Waals surface area contributed by atoms with Crippen LogP contribution in [-0.4, -0.2) is 4.98 Å². The number of hydrogen-bond donors (Lipinski definition) is 1. The number of ether oxygens (including phenoxy) is 1. The summed E-state index contributed by atoms with van der Waals surface area (Å²) in [6.45, 7) is 2.04. The van der Waals surface area contributed by atoms with Crippen LogP contribution in [0.1, 0.15) is 22.6 Å². The quantitative estimate of drug-likeness (QED) is 0.742. The highest BCUT2D eigenvalue weighted by atomic mass is 16.5. The number of pyridine rings is 1. The predicted molar refractivity (Wildman–Crippen MR) is 92.2 cm³/mol. The zero-order valence-electron chi connectivity index (χ0n) is 13.2. The van der Waals surface area contributed by atoms with Crippen LogP contribution in [0.25, 0.3) is 10.9 Å². The van der Waals surface area contributed by atoms with Crippen LogP contribution in [0.15, 0.2) is 66.2 Å². The van der Waals surface area contributed by atoms with Crippen molar-refractivity contribution in [2.75, 3.05) is 0 Å². The summed E-state index contributed by atoms with van der Waals surface area (Å²) < 4.78 is 5.80. The Morgan fingerprint density at radius 3 is 2.67 bits per heavy atom. The van der Waals surface area contributed by atoms with Gasteiger partial charge < -0.3 is 10.5 Å². The summed E-state index contributed by atoms with van der Waals surface area (Å²) in [7, 11) is 0. The van der Waals surface area contributed by atoms with E-state index in [2.05, 4.69) is 11.1 Å². The maximum Gasteiger partial charge on any atom is 0.205 e. The molecule has 0 saturated heterocycles. The van der Waals surface area contributed by atoms with Crippen LogP contribution < -0.4 is 10.5 Å². The Labute approximate surface area is 139 Å². The van der Waals surface area contributed by atoms with E-state index in [1.807, 2.05) is 55.5 Å². The van der Waals surface area contributed by atoms with Gasteiger partial charge >= 0.3 is 0 Å². The first-order chi connectivity index (χ1) is 11.7. The van der Waals surface area contributed by atoms with Gasteiger partial charge in [0.05, 0.1) is 5.92 Å². The number of aryl methyl sites for hydroxylation is 1. The zero-order chi connectivity index (χ0) is 16.7. The maximum absolute atomic E-state index is 9.60. The molecule has 2 aromatic carbocycles. The zero-order valence-corrected chi connectivity index (χ0v) is 13.2. The van der Waals surface area contributed by atoms with E-state index in [0.717, 1.165) is 22.0 Å². The van der Waals surface area contributed by atoms with Crippen molar-refractivity contribution in [3.63, 3.8) is 0 Å². The number of benzene rings is 2. The van der Waals surface area contributed by atoms with Crippen molar-refractivity contribution < 1.29 is 4.74 Å². The number of hydrogen-bond acceptors (Lipinski definition) is 4. The van der Waals surface area contributed by atoms with Gasteiger partial charge in [0.25, 0.3) is 0 Å². The Kier molecular flexibility index (Phi) is 3.21. The molecule has 3 aromatic rings. The average Bonchev–Trinajstić information content (AvgIpc) is 2.61. The van der Waals surface area contributed by atoms with Crippen molar-refractivity contribution in [1.82, 2.24) is 4.98 Å². The molecule has 1 aromatic heterocycles. The number of fused-ring (bicyclic) bond motifs is 3. The summed E-state index contributed by atoms with van der Waals surface area (Å²) in [5.41, 5.74) is 10.3. The lowest BCUT2D eigenvalue weighted by Crippen LogP contribution is -2.21. The highest BCUT2D eigenvalue weighted by molar-refractivity contribution is 5.87. The van der Waals surface area contributed by atoms with Crippen molar-refractivity contribution in [2.45, 2.75) is 12.8 Å². The topological polar surface area (TPSA) is 71.9 Å². The van der Waals surface area contributed by atoms with Gasteiger partial charge in [-0.15, -0.1) is 0 Å². The summed E-state index contributed by atoms with van der Waals surface area (Å²) in [6.07, 6.45) is 1.73. The number of nitrogens with two attached hydrogens (primary N) is 1. The van der Waals surface area contributed by atoms with Crippen LogP contribution in [0, 0.1) is 18.3 Å². The minimum Gasteiger partial charge on any atom is -0.438 e. The fourth-order valence-electron chi connectivity index (χ4n) is 3.16. The van der Waals surface area contributed by atoms with Gasteiger partial charge in [-0.2, -0.15) is 5.26 Å². The van der Waals surface area contributed by atoms with Crippen LogP contribution in [0.5, 0.6) is 5.75 Å². The van der Waals surface area contributed by atoms with E-state index in [0.29, 0.717) is 11.3 Å². The molecular weight excluding hydrogens is 298 g/mol. The van der Waals surface area contributed by atoms with Crippen LogP contribution in [0.4, 0.5) is 0 Å². The fourth-order valence-corrected chi connectivity index (χ4v) is 3.16. The van der Waals surface area contributed by atoms with E-state index in [9.17, 15) is 5.26 Å². The third kappa shape index (κ3) is 2.10. The van der Waals surface area contributed by atoms with E-state index < -0.39 is 0 Å². The Balaban J connectivity index is 2.00. The largest absolute Gasteiger partial charge is 0.438 e. The van der Waals surface area contributed by atoms with Crippen molar-refractivity contribution in [3.8, 4) is 11.8 Å². The molecule has 0 saturated carbocycles. The first-order valence-corrected chi connectivity index (χ1v) is 7.71. The number of nitriles is 1. The molecular formula is C20H15N3O. The molecule has 116 valence electrons. The second-order valence-corrected chi connectivity index (χ2v) is 5.89. The van der Waals surface area contributed by atoms with Gasteiger partial charge in [0.15, 0.2) is 5.75 Å². The molecule has 0 fully saturated rings. The third-order valence-electron chi connectivity index (χ3n) is 4.37. The maximum atomic E-state index is 9.60. The Hall–Kier alpha value is -3.32. The molecule has 0 unspecified atom stereocenters. The monoisotopic (exact) mass is 313 g/mol. The van der Waals surface area contributed by atoms with Crippen molar-refractivity contribution in [1.29, 1.82) is 5.26 Å². The molecule has 0 radical (unpaired) electrons. The number of nitrogens with zero attached hydrogens (tertiary/aromatic N) is 2. The minimum atomic E-state index is -0.245. The Bertz CT molecular complexity index is 1010. The first-order valence-electron chi connectivity index (χ1n) is 7.71. The highest BCUT2D eigenvalue weighted by Gasteiger charge is 2.31. The van der Waals surface area contributed by atoms with Gasteiger partial charge in [0.1, 0.15) is 17.2 Å². The molecule has 4 heteroatoms. The highest BCUT2D eigenvalue weighted by Crippen LogP contribution is 2.44. The Morgan fingerprint density at radius 1 is 1.12 bits per heavy atom. The fraction of sp³-hybridized carbons (Fsp3) is 0.100. The predicted octanol–water partition coefficient (Wildman–Crippen LogP) is 3.76. The van der Waals surface area contributed by atoms with E-state index in [1.165, 1.54) is 5.56 Å². The summed E-state index contributed by atoms with van der Waals surface area (Å²) in [5.74, 6) is 0.537. The minimum absolute atomic E-state index is 0.147. The van der Waals surface area contributed by atoms with Crippen LogP contribution >= 0.6 is 0 Å². The van der Waals surface area contributed by atoms with Gasteiger partial charge in [-0.1, -0.05) is 48.0 Å². The van der Waals surface area contributed by atoms with E-state index >= 15 is 0 Å². The van der Waals surface area contributed by atoms with Gasteiger partial charge in [-0.25, -0.2) is 0 Å². The molecule has 0 bridgehead atoms. The molecule has 4 nitrogen and oxygen atoms in total. The van der Waals surface area contributed by atoms with Crippen LogP contribution in [-0.2, 0) is 0 Å². The van der Waals surface area contributed by atoms with Crippen molar-refractivity contribution in [3.05, 3.63) is 82.9 Å². The van der Waals surface area contributed by atoms with Gasteiger partial charge in [-0.05, 0) is 18.6 Å². The SMILES string of the molecule is Cc1ccc([C@H]2C(C#N)=C(N)Oc3c2ccc2cccnc32)cc1. The number of allylic oxidation sites excluding steroid dienone is 1. The lowest BCUT2D eigenvalue weighted by molar-refractivity contribution is 0.397. The molecule has 0 amide bonds.